The smallest absolute Gasteiger partial charge is 0.134 e. The Morgan fingerprint density at radius 2 is 1.62 bits per heavy atom. The van der Waals surface area contributed by atoms with Crippen LogP contribution in [-0.4, -0.2) is 45.4 Å². The van der Waals surface area contributed by atoms with Crippen molar-refractivity contribution in [3.05, 3.63) is 127 Å². The fraction of sp³-hybridized carbons (Fsp3) is 0.310. The summed E-state index contributed by atoms with van der Waals surface area (Å²) in [4.78, 5) is 4.53. The van der Waals surface area contributed by atoms with Gasteiger partial charge in [0.25, 0.3) is 0 Å². The van der Waals surface area contributed by atoms with E-state index in [9.17, 15) is 10.2 Å². The zero-order valence-electron chi connectivity index (χ0n) is 27.4. The third-order valence-electron chi connectivity index (χ3n) is 10.5. The van der Waals surface area contributed by atoms with Crippen molar-refractivity contribution in [3.8, 4) is 33.8 Å². The van der Waals surface area contributed by atoms with Crippen LogP contribution in [0.15, 0.2) is 116 Å². The highest BCUT2D eigenvalue weighted by Crippen LogP contribution is 2.49. The molecule has 5 heteroatoms. The van der Waals surface area contributed by atoms with Crippen molar-refractivity contribution in [3.63, 3.8) is 0 Å². The van der Waals surface area contributed by atoms with Gasteiger partial charge in [-0.25, -0.2) is 0 Å². The van der Waals surface area contributed by atoms with Gasteiger partial charge >= 0.3 is 0 Å². The van der Waals surface area contributed by atoms with Gasteiger partial charge in [0.2, 0.25) is 0 Å². The third-order valence-corrected chi connectivity index (χ3v) is 10.5. The lowest BCUT2D eigenvalue weighted by atomic mass is 9.71. The van der Waals surface area contributed by atoms with Crippen LogP contribution < -0.4 is 4.74 Å². The van der Waals surface area contributed by atoms with E-state index in [4.69, 9.17) is 4.74 Å². The summed E-state index contributed by atoms with van der Waals surface area (Å²) in [6, 6.07) is 32.9. The Kier molecular flexibility index (Phi) is 8.61. The summed E-state index contributed by atoms with van der Waals surface area (Å²) >= 11 is 0. The average molecular weight is 626 g/mol. The molecule has 2 N–H and O–H groups in total. The van der Waals surface area contributed by atoms with Gasteiger partial charge in [0.15, 0.2) is 0 Å². The lowest BCUT2D eigenvalue weighted by Gasteiger charge is -2.58. The number of benzene rings is 4. The Balaban J connectivity index is 1.36. The summed E-state index contributed by atoms with van der Waals surface area (Å²) in [7, 11) is 0. The number of phenolic OH excluding ortho intramolecular Hbond substituents is 1. The van der Waals surface area contributed by atoms with Crippen molar-refractivity contribution < 1.29 is 19.4 Å². The minimum Gasteiger partial charge on any atom is -0.508 e. The molecule has 3 aliphatic rings. The predicted molar refractivity (Wildman–Crippen MR) is 190 cm³/mol. The molecule has 240 valence electrons. The summed E-state index contributed by atoms with van der Waals surface area (Å²) in [6.07, 6.45) is 5.26. The maximum absolute atomic E-state index is 12.3. The maximum atomic E-state index is 12.3. The zero-order valence-corrected chi connectivity index (χ0v) is 27.4. The molecule has 0 saturated carbocycles. The van der Waals surface area contributed by atoms with E-state index < -0.39 is 6.10 Å². The molecule has 0 spiro atoms. The molecule has 0 radical (unpaired) electrons. The molecule has 3 saturated heterocycles. The fourth-order valence-electron chi connectivity index (χ4n) is 8.22. The van der Waals surface area contributed by atoms with Crippen LogP contribution in [0.3, 0.4) is 0 Å². The van der Waals surface area contributed by atoms with Crippen molar-refractivity contribution in [1.82, 2.24) is 4.98 Å². The van der Waals surface area contributed by atoms with Gasteiger partial charge in [0.1, 0.15) is 30.2 Å². The summed E-state index contributed by atoms with van der Waals surface area (Å²) < 4.78 is 7.44. The molecule has 8 rings (SSSR count). The first-order valence-electron chi connectivity index (χ1n) is 17.0. The lowest BCUT2D eigenvalue weighted by Crippen LogP contribution is -2.67. The number of aromatic hydroxyl groups is 1. The molecule has 5 aromatic rings. The van der Waals surface area contributed by atoms with Gasteiger partial charge in [-0.2, -0.15) is 0 Å². The molecular weight excluding hydrogens is 580 g/mol. The molecule has 4 unspecified atom stereocenters. The Hall–Kier alpha value is -4.45. The highest BCUT2D eigenvalue weighted by atomic mass is 16.5. The number of aliphatic hydroxyl groups excluding tert-OH is 1. The van der Waals surface area contributed by atoms with Crippen LogP contribution in [-0.2, 0) is 6.54 Å². The van der Waals surface area contributed by atoms with E-state index in [-0.39, 0.29) is 11.8 Å². The van der Waals surface area contributed by atoms with Crippen LogP contribution in [0.4, 0.5) is 0 Å². The number of fused-ring (bicyclic) bond motifs is 4. The third kappa shape index (κ3) is 6.06. The van der Waals surface area contributed by atoms with Crippen LogP contribution in [0, 0.1) is 17.8 Å². The first kappa shape index (κ1) is 31.2. The molecule has 5 atom stereocenters. The first-order valence-corrected chi connectivity index (χ1v) is 17.0. The molecular formula is C42H45N2O3+. The molecule has 0 aliphatic carbocycles. The number of aliphatic hydroxyl groups is 1. The number of phenols is 1. The number of quaternary nitrogens is 1. The molecule has 3 fully saturated rings. The van der Waals surface area contributed by atoms with Crippen LogP contribution in [0.2, 0.25) is 0 Å². The second-order valence-electron chi connectivity index (χ2n) is 14.0. The minimum atomic E-state index is -0.702. The quantitative estimate of drug-likeness (QED) is 0.120. The number of hydrogen-bond donors (Lipinski definition) is 2. The highest BCUT2D eigenvalue weighted by Gasteiger charge is 2.54. The average Bonchev–Trinajstić information content (AvgIpc) is 3.10. The number of piperidine rings is 3. The number of rotatable bonds is 10. The number of hydrogen-bond acceptors (Lipinski definition) is 4. The molecule has 2 bridgehead atoms. The molecule has 47 heavy (non-hydrogen) atoms. The van der Waals surface area contributed by atoms with Gasteiger partial charge < -0.3 is 19.4 Å². The van der Waals surface area contributed by atoms with E-state index in [0.717, 1.165) is 81.4 Å². The van der Waals surface area contributed by atoms with Crippen molar-refractivity contribution in [2.45, 2.75) is 45.4 Å². The largest absolute Gasteiger partial charge is 0.508 e. The monoisotopic (exact) mass is 625 g/mol. The van der Waals surface area contributed by atoms with Gasteiger partial charge in [-0.15, -0.1) is 6.58 Å². The van der Waals surface area contributed by atoms with E-state index in [1.54, 1.807) is 18.3 Å². The Morgan fingerprint density at radius 3 is 2.26 bits per heavy atom. The lowest BCUT2D eigenvalue weighted by molar-refractivity contribution is -0.984. The zero-order chi connectivity index (χ0) is 32.5. The van der Waals surface area contributed by atoms with Crippen LogP contribution in [0.25, 0.3) is 33.2 Å². The maximum Gasteiger partial charge on any atom is 0.134 e. The van der Waals surface area contributed by atoms with Crippen molar-refractivity contribution >= 4 is 10.9 Å². The predicted octanol–water partition coefficient (Wildman–Crippen LogP) is 8.95. The van der Waals surface area contributed by atoms with Crippen molar-refractivity contribution in [1.29, 1.82) is 0 Å². The number of pyridine rings is 1. The number of ether oxygens (including phenoxy) is 1. The van der Waals surface area contributed by atoms with Crippen molar-refractivity contribution in [2.75, 3.05) is 19.7 Å². The second kappa shape index (κ2) is 13.0. The summed E-state index contributed by atoms with van der Waals surface area (Å²) in [6.45, 7) is 12.0. The Bertz CT molecular complexity index is 1810. The van der Waals surface area contributed by atoms with E-state index in [1.807, 2.05) is 12.1 Å². The molecule has 4 aromatic carbocycles. The molecule has 5 nitrogen and oxygen atoms in total. The second-order valence-corrected chi connectivity index (χ2v) is 14.0. The number of aromatic nitrogens is 1. The summed E-state index contributed by atoms with van der Waals surface area (Å²) in [5, 5.41) is 23.5. The Labute approximate surface area is 278 Å². The molecule has 3 aliphatic heterocycles. The normalized spacial score (nSPS) is 22.8. The van der Waals surface area contributed by atoms with E-state index in [0.29, 0.717) is 24.4 Å². The Morgan fingerprint density at radius 1 is 0.936 bits per heavy atom. The fourth-order valence-corrected chi connectivity index (χ4v) is 8.22. The molecule has 1 aromatic heterocycles. The van der Waals surface area contributed by atoms with Gasteiger partial charge in [0.05, 0.1) is 25.2 Å². The van der Waals surface area contributed by atoms with Gasteiger partial charge in [-0.3, -0.25) is 4.98 Å². The SMILES string of the molecule is C=CC1C[N+]2(Cc3cc(-c4ccccc4)c(OCC(C)C)c(-c4ccccc4)c3)CCC1CC2[C@@H](O)c1ccnc2ccc(O)cc12. The summed E-state index contributed by atoms with van der Waals surface area (Å²) in [5.41, 5.74) is 7.31. The topological polar surface area (TPSA) is 62.6 Å². The van der Waals surface area contributed by atoms with Gasteiger partial charge in [-0.1, -0.05) is 80.6 Å². The van der Waals surface area contributed by atoms with Gasteiger partial charge in [-0.05, 0) is 64.9 Å². The van der Waals surface area contributed by atoms with Crippen LogP contribution in [0.1, 0.15) is 43.9 Å². The standard InChI is InChI=1S/C42H44N2O3/c1-4-30-26-44(20-18-33(30)23-40(44)41(46)35-17-19-43-39-16-15-34(45)24-38(35)39)25-29-21-36(31-11-7-5-8-12-31)42(47-27-28(2)3)37(22-29)32-13-9-6-10-14-32/h4-17,19,21-22,24,28,30,33,40-41,46H,1,18,20,23,25-27H2,2-3H3/p+1/t30?,33?,40?,41-,44?/m0/s1. The number of nitrogens with zero attached hydrogens (tertiary/aromatic N) is 2. The highest BCUT2D eigenvalue weighted by molar-refractivity contribution is 5.84. The van der Waals surface area contributed by atoms with E-state index in [1.165, 1.54) is 5.56 Å². The first-order chi connectivity index (χ1) is 22.8. The van der Waals surface area contributed by atoms with E-state index >= 15 is 0 Å². The minimum absolute atomic E-state index is 0.00452. The molecule has 0 amide bonds. The van der Waals surface area contributed by atoms with Crippen molar-refractivity contribution in [2.24, 2.45) is 17.8 Å². The van der Waals surface area contributed by atoms with Gasteiger partial charge in [0, 0.05) is 47.0 Å². The van der Waals surface area contributed by atoms with Crippen LogP contribution in [0.5, 0.6) is 11.5 Å². The summed E-state index contributed by atoms with van der Waals surface area (Å²) in [5.74, 6) is 2.39. The van der Waals surface area contributed by atoms with Crippen LogP contribution >= 0.6 is 0 Å². The molecule has 4 heterocycles. The van der Waals surface area contributed by atoms with E-state index in [2.05, 4.69) is 104 Å².